The van der Waals surface area contributed by atoms with Crippen LogP contribution in [0.2, 0.25) is 0 Å². The second-order valence-corrected chi connectivity index (χ2v) is 6.54. The van der Waals surface area contributed by atoms with Crippen LogP contribution in [0.3, 0.4) is 0 Å². The molecule has 0 aromatic carbocycles. The first-order valence-corrected chi connectivity index (χ1v) is 7.46. The van der Waals surface area contributed by atoms with E-state index in [0.29, 0.717) is 23.1 Å². The molecule has 0 radical (unpaired) electrons. The molecule has 1 aliphatic rings. The van der Waals surface area contributed by atoms with Crippen molar-refractivity contribution in [3.8, 4) is 11.8 Å². The van der Waals surface area contributed by atoms with E-state index in [1.54, 1.807) is 12.3 Å². The number of ether oxygens (including phenoxy) is 1. The van der Waals surface area contributed by atoms with E-state index in [2.05, 4.69) is 34.3 Å². The average Bonchev–Trinajstić information content (AvgIpc) is 3.01. The van der Waals surface area contributed by atoms with Gasteiger partial charge in [0.15, 0.2) is 6.61 Å². The molecule has 0 aliphatic heterocycles. The lowest BCUT2D eigenvalue weighted by atomic mass is 9.59. The average molecular weight is 313 g/mol. The number of hydrogen-bond acceptors (Lipinski definition) is 7. The molecule has 7 nitrogen and oxygen atoms in total. The predicted molar refractivity (Wildman–Crippen MR) is 81.6 cm³/mol. The molecule has 2 aromatic heterocycles. The van der Waals surface area contributed by atoms with Crippen molar-refractivity contribution < 1.29 is 9.15 Å². The lowest BCUT2D eigenvalue weighted by molar-refractivity contribution is 0.0786. The molecule has 0 saturated heterocycles. The number of nitriles is 1. The van der Waals surface area contributed by atoms with E-state index in [4.69, 9.17) is 14.4 Å². The summed E-state index contributed by atoms with van der Waals surface area (Å²) in [5, 5.41) is 20.4. The first kappa shape index (κ1) is 15.4. The zero-order valence-corrected chi connectivity index (χ0v) is 13.5. The second-order valence-electron chi connectivity index (χ2n) is 6.54. The molecule has 3 rings (SSSR count). The van der Waals surface area contributed by atoms with Crippen LogP contribution in [0.5, 0.6) is 5.75 Å². The smallest absolute Gasteiger partial charge is 0.253 e. The van der Waals surface area contributed by atoms with Crippen LogP contribution < -0.4 is 10.1 Å². The highest BCUT2D eigenvalue weighted by Crippen LogP contribution is 2.49. The number of pyridine rings is 1. The Hall–Kier alpha value is -2.46. The zero-order valence-electron chi connectivity index (χ0n) is 13.5. The van der Waals surface area contributed by atoms with Crippen molar-refractivity contribution in [1.29, 1.82) is 5.26 Å². The third kappa shape index (κ3) is 3.03. The van der Waals surface area contributed by atoms with E-state index in [0.717, 1.165) is 12.8 Å². The first-order valence-electron chi connectivity index (χ1n) is 7.46. The summed E-state index contributed by atoms with van der Waals surface area (Å²) in [6.07, 6.45) is 4.93. The maximum atomic E-state index is 8.84. The summed E-state index contributed by atoms with van der Waals surface area (Å²) in [6, 6.07) is 3.64. The van der Waals surface area contributed by atoms with E-state index in [9.17, 15) is 0 Å². The minimum absolute atomic E-state index is 0.0920. The van der Waals surface area contributed by atoms with E-state index in [1.165, 1.54) is 6.20 Å². The van der Waals surface area contributed by atoms with E-state index in [-0.39, 0.29) is 17.6 Å². The number of hydrogen-bond donors (Lipinski definition) is 1. The standard InChI is InChI=1S/C16H19N5O2/c1-15(9-16(2,10-15)18-3)14-21-20-13(23-14)8-22-12-4-11(5-17)6-19-7-12/h4,6-7,18H,8-10H2,1-3H3. The fourth-order valence-electron chi connectivity index (χ4n) is 3.26. The fraction of sp³-hybridized carbons (Fsp3) is 0.500. The molecular weight excluding hydrogens is 294 g/mol. The highest BCUT2D eigenvalue weighted by Gasteiger charge is 2.52. The number of nitrogens with one attached hydrogen (secondary N) is 1. The summed E-state index contributed by atoms with van der Waals surface area (Å²) >= 11 is 0. The van der Waals surface area contributed by atoms with Crippen molar-refractivity contribution in [1.82, 2.24) is 20.5 Å². The van der Waals surface area contributed by atoms with Gasteiger partial charge in [-0.15, -0.1) is 10.2 Å². The molecule has 0 bridgehead atoms. The number of nitrogens with zero attached hydrogens (tertiary/aromatic N) is 4. The van der Waals surface area contributed by atoms with Gasteiger partial charge in [0.05, 0.1) is 11.8 Å². The van der Waals surface area contributed by atoms with Gasteiger partial charge in [-0.25, -0.2) is 0 Å². The molecule has 2 aromatic rings. The summed E-state index contributed by atoms with van der Waals surface area (Å²) in [7, 11) is 1.97. The summed E-state index contributed by atoms with van der Waals surface area (Å²) < 4.78 is 11.3. The van der Waals surface area contributed by atoms with E-state index < -0.39 is 0 Å². The van der Waals surface area contributed by atoms with Gasteiger partial charge in [0.25, 0.3) is 5.89 Å². The van der Waals surface area contributed by atoms with Gasteiger partial charge in [-0.3, -0.25) is 4.98 Å². The molecule has 7 heteroatoms. The van der Waals surface area contributed by atoms with Crippen LogP contribution in [0, 0.1) is 11.3 Å². The Balaban J connectivity index is 1.63. The molecule has 1 aliphatic carbocycles. The molecule has 2 heterocycles. The largest absolute Gasteiger partial charge is 0.482 e. The summed E-state index contributed by atoms with van der Waals surface area (Å²) in [4.78, 5) is 3.94. The molecule has 120 valence electrons. The predicted octanol–water partition coefficient (Wildman–Crippen LogP) is 1.94. The Labute approximate surface area is 134 Å². The zero-order chi connectivity index (χ0) is 16.5. The topological polar surface area (TPSA) is 96.9 Å². The van der Waals surface area contributed by atoms with Crippen LogP contribution in [0.4, 0.5) is 0 Å². The van der Waals surface area contributed by atoms with Crippen LogP contribution in [0.25, 0.3) is 0 Å². The Bertz CT molecular complexity index is 743. The molecule has 23 heavy (non-hydrogen) atoms. The highest BCUT2D eigenvalue weighted by atomic mass is 16.5. The van der Waals surface area contributed by atoms with Crippen molar-refractivity contribution in [3.05, 3.63) is 35.8 Å². The summed E-state index contributed by atoms with van der Waals surface area (Å²) in [5.41, 5.74) is 0.483. The lowest BCUT2D eigenvalue weighted by Gasteiger charge is -2.50. The normalized spacial score (nSPS) is 26.3. The highest BCUT2D eigenvalue weighted by molar-refractivity contribution is 5.32. The SMILES string of the molecule is CNC1(C)CC(C)(c2nnc(COc3cncc(C#N)c3)o2)C1. The van der Waals surface area contributed by atoms with Gasteiger partial charge in [-0.05, 0) is 26.8 Å². The van der Waals surface area contributed by atoms with Crippen molar-refractivity contribution in [3.63, 3.8) is 0 Å². The monoisotopic (exact) mass is 313 g/mol. The van der Waals surface area contributed by atoms with Gasteiger partial charge in [0, 0.05) is 23.2 Å². The minimum Gasteiger partial charge on any atom is -0.482 e. The Morgan fingerprint density at radius 2 is 2.13 bits per heavy atom. The first-order chi connectivity index (χ1) is 11.0. The van der Waals surface area contributed by atoms with Crippen LogP contribution in [0.1, 0.15) is 44.0 Å². The Kier molecular flexibility index (Phi) is 3.78. The molecule has 0 unspecified atom stereocenters. The molecule has 1 N–H and O–H groups in total. The molecule has 0 spiro atoms. The van der Waals surface area contributed by atoms with E-state index in [1.807, 2.05) is 13.1 Å². The molecule has 0 amide bonds. The van der Waals surface area contributed by atoms with E-state index >= 15 is 0 Å². The molecule has 0 atom stereocenters. The summed E-state index contributed by atoms with van der Waals surface area (Å²) in [6.45, 7) is 4.47. The fourth-order valence-corrected chi connectivity index (χ4v) is 3.26. The van der Waals surface area contributed by atoms with Crippen LogP contribution in [-0.2, 0) is 12.0 Å². The quantitative estimate of drug-likeness (QED) is 0.901. The Morgan fingerprint density at radius 1 is 1.35 bits per heavy atom. The van der Waals surface area contributed by atoms with Crippen molar-refractivity contribution in [2.75, 3.05) is 7.05 Å². The van der Waals surface area contributed by atoms with Gasteiger partial charge < -0.3 is 14.5 Å². The van der Waals surface area contributed by atoms with Crippen LogP contribution >= 0.6 is 0 Å². The van der Waals surface area contributed by atoms with Gasteiger partial charge in [-0.2, -0.15) is 5.26 Å². The third-order valence-corrected chi connectivity index (χ3v) is 4.35. The van der Waals surface area contributed by atoms with Gasteiger partial charge in [0.2, 0.25) is 5.89 Å². The number of aromatic nitrogens is 3. The Morgan fingerprint density at radius 3 is 2.83 bits per heavy atom. The maximum Gasteiger partial charge on any atom is 0.253 e. The van der Waals surface area contributed by atoms with Crippen LogP contribution in [0.15, 0.2) is 22.9 Å². The molecular formula is C16H19N5O2. The van der Waals surface area contributed by atoms with Gasteiger partial charge in [0.1, 0.15) is 11.8 Å². The molecule has 1 fully saturated rings. The summed E-state index contributed by atoms with van der Waals surface area (Å²) in [5.74, 6) is 1.57. The van der Waals surface area contributed by atoms with Crippen LogP contribution in [-0.4, -0.2) is 27.8 Å². The van der Waals surface area contributed by atoms with Crippen molar-refractivity contribution >= 4 is 0 Å². The number of rotatable bonds is 5. The maximum absolute atomic E-state index is 8.84. The third-order valence-electron chi connectivity index (χ3n) is 4.35. The van der Waals surface area contributed by atoms with Crippen molar-refractivity contribution in [2.24, 2.45) is 0 Å². The second kappa shape index (κ2) is 5.63. The lowest BCUT2D eigenvalue weighted by Crippen LogP contribution is -2.58. The van der Waals surface area contributed by atoms with Crippen molar-refractivity contribution in [2.45, 2.75) is 44.2 Å². The molecule has 1 saturated carbocycles. The minimum atomic E-state index is -0.0920. The van der Waals surface area contributed by atoms with Gasteiger partial charge >= 0.3 is 0 Å². The van der Waals surface area contributed by atoms with Gasteiger partial charge in [-0.1, -0.05) is 6.92 Å².